The molecule has 3 fully saturated rings. The van der Waals surface area contributed by atoms with Gasteiger partial charge in [-0.1, -0.05) is 0 Å². The van der Waals surface area contributed by atoms with E-state index in [1.165, 1.54) is 4.90 Å². The van der Waals surface area contributed by atoms with E-state index in [2.05, 4.69) is 5.32 Å². The first-order chi connectivity index (χ1) is 13.6. The number of benzene rings is 1. The minimum absolute atomic E-state index is 0. The fraction of sp³-hybridized carbons (Fsp3) is 0.571. The summed E-state index contributed by atoms with van der Waals surface area (Å²) in [5, 5.41) is 3.40. The zero-order valence-electron chi connectivity index (χ0n) is 16.3. The van der Waals surface area contributed by atoms with Gasteiger partial charge in [0.25, 0.3) is 17.7 Å². The summed E-state index contributed by atoms with van der Waals surface area (Å²) in [6.45, 7) is 2.72. The van der Waals surface area contributed by atoms with Gasteiger partial charge in [-0.05, 0) is 56.8 Å². The summed E-state index contributed by atoms with van der Waals surface area (Å²) in [4.78, 5) is 42.0. The third kappa shape index (κ3) is 3.45. The van der Waals surface area contributed by atoms with Crippen molar-refractivity contribution in [3.63, 3.8) is 0 Å². The predicted octanol–water partition coefficient (Wildman–Crippen LogP) is 1.85. The summed E-state index contributed by atoms with van der Waals surface area (Å²) in [5.74, 6) is -0.629. The Kier molecular flexibility index (Phi) is 5.64. The summed E-state index contributed by atoms with van der Waals surface area (Å²) in [6, 6.07) is 5.41. The number of rotatable bonds is 3. The van der Waals surface area contributed by atoms with Crippen LogP contribution >= 0.6 is 12.4 Å². The van der Waals surface area contributed by atoms with Crippen LogP contribution in [0.1, 0.15) is 63.2 Å². The lowest BCUT2D eigenvalue weighted by molar-refractivity contribution is 0.0475. The minimum Gasteiger partial charge on any atom is -0.376 e. The topological polar surface area (TPSA) is 79.0 Å². The molecule has 0 spiro atoms. The summed E-state index contributed by atoms with van der Waals surface area (Å²) < 4.78 is 5.58. The minimum atomic E-state index is -0.314. The van der Waals surface area contributed by atoms with E-state index in [0.717, 1.165) is 45.2 Å². The molecule has 156 valence electrons. The average Bonchev–Trinajstić information content (AvgIpc) is 3.35. The molecule has 4 aliphatic rings. The van der Waals surface area contributed by atoms with Crippen molar-refractivity contribution in [3.8, 4) is 0 Å². The van der Waals surface area contributed by atoms with Crippen molar-refractivity contribution in [3.05, 3.63) is 34.9 Å². The Balaban J connectivity index is 0.00000205. The van der Waals surface area contributed by atoms with Crippen molar-refractivity contribution >= 4 is 30.1 Å². The van der Waals surface area contributed by atoms with Gasteiger partial charge < -0.3 is 15.0 Å². The molecule has 2 bridgehead atoms. The summed E-state index contributed by atoms with van der Waals surface area (Å²) in [6.07, 6.45) is 4.75. The van der Waals surface area contributed by atoms with Crippen LogP contribution in [0.25, 0.3) is 0 Å². The summed E-state index contributed by atoms with van der Waals surface area (Å²) >= 11 is 0. The Labute approximate surface area is 176 Å². The number of nitrogens with one attached hydrogen (secondary N) is 1. The SMILES string of the molecule is Cl.O=C1c2ccc(C(=O)N3C4CCNCC3CC4)cc2C(=O)N1CC1CCCO1. The van der Waals surface area contributed by atoms with E-state index in [9.17, 15) is 14.4 Å². The van der Waals surface area contributed by atoms with Crippen molar-refractivity contribution in [2.75, 3.05) is 26.2 Å². The fourth-order valence-corrected chi connectivity index (χ4v) is 5.04. The number of halogens is 1. The van der Waals surface area contributed by atoms with Gasteiger partial charge in [0.2, 0.25) is 0 Å². The van der Waals surface area contributed by atoms with Crippen molar-refractivity contribution in [1.29, 1.82) is 0 Å². The van der Waals surface area contributed by atoms with Gasteiger partial charge >= 0.3 is 0 Å². The standard InChI is InChI=1S/C21H25N3O4.ClH/c25-19(24-14-4-5-15(24)11-22-8-7-14)13-3-6-17-18(10-13)21(27)23(20(17)26)12-16-2-1-9-28-16;/h3,6,10,14-16,22H,1-2,4-5,7-9,11-12H2;1H. The Morgan fingerprint density at radius 1 is 1.07 bits per heavy atom. The largest absolute Gasteiger partial charge is 0.376 e. The number of nitrogens with zero attached hydrogens (tertiary/aromatic N) is 2. The lowest BCUT2D eigenvalue weighted by Gasteiger charge is -2.28. The van der Waals surface area contributed by atoms with Gasteiger partial charge in [0, 0.05) is 30.8 Å². The Morgan fingerprint density at radius 2 is 1.86 bits per heavy atom. The molecule has 3 amide bonds. The Morgan fingerprint density at radius 3 is 2.66 bits per heavy atom. The van der Waals surface area contributed by atoms with E-state index in [-0.39, 0.29) is 54.9 Å². The molecule has 0 radical (unpaired) electrons. The molecule has 4 heterocycles. The smallest absolute Gasteiger partial charge is 0.261 e. The quantitative estimate of drug-likeness (QED) is 0.756. The van der Waals surface area contributed by atoms with Crippen LogP contribution in [0.3, 0.4) is 0 Å². The molecule has 1 N–H and O–H groups in total. The Bertz CT molecular complexity index is 825. The van der Waals surface area contributed by atoms with Gasteiger partial charge in [0.15, 0.2) is 0 Å². The number of imide groups is 1. The van der Waals surface area contributed by atoms with Crippen LogP contribution in [-0.4, -0.2) is 72.0 Å². The van der Waals surface area contributed by atoms with Crippen molar-refractivity contribution in [2.24, 2.45) is 0 Å². The number of fused-ring (bicyclic) bond motifs is 3. The Hall–Kier alpha value is -1.96. The third-order valence-corrected chi connectivity index (χ3v) is 6.52. The van der Waals surface area contributed by atoms with E-state index in [4.69, 9.17) is 4.74 Å². The fourth-order valence-electron chi connectivity index (χ4n) is 5.04. The summed E-state index contributed by atoms with van der Waals surface area (Å²) in [7, 11) is 0. The second-order valence-corrected chi connectivity index (χ2v) is 8.21. The normalized spacial score (nSPS) is 28.3. The van der Waals surface area contributed by atoms with Gasteiger partial charge in [-0.3, -0.25) is 19.3 Å². The molecule has 0 saturated carbocycles. The van der Waals surface area contributed by atoms with Crippen molar-refractivity contribution < 1.29 is 19.1 Å². The highest BCUT2D eigenvalue weighted by Crippen LogP contribution is 2.31. The van der Waals surface area contributed by atoms with Crippen molar-refractivity contribution in [1.82, 2.24) is 15.1 Å². The number of hydrogen-bond donors (Lipinski definition) is 1. The zero-order chi connectivity index (χ0) is 19.3. The molecule has 29 heavy (non-hydrogen) atoms. The first-order valence-corrected chi connectivity index (χ1v) is 10.3. The summed E-state index contributed by atoms with van der Waals surface area (Å²) in [5.41, 5.74) is 1.23. The molecule has 4 aliphatic heterocycles. The van der Waals surface area contributed by atoms with E-state index in [1.807, 2.05) is 4.90 Å². The van der Waals surface area contributed by atoms with Gasteiger partial charge in [0.05, 0.1) is 23.8 Å². The van der Waals surface area contributed by atoms with Crippen LogP contribution in [-0.2, 0) is 4.74 Å². The van der Waals surface area contributed by atoms with E-state index in [1.54, 1.807) is 18.2 Å². The van der Waals surface area contributed by atoms with Crippen LogP contribution in [0.4, 0.5) is 0 Å². The highest BCUT2D eigenvalue weighted by molar-refractivity contribution is 6.22. The lowest BCUT2D eigenvalue weighted by Crippen LogP contribution is -2.42. The predicted molar refractivity (Wildman–Crippen MR) is 108 cm³/mol. The number of hydrogen-bond acceptors (Lipinski definition) is 5. The van der Waals surface area contributed by atoms with Gasteiger partial charge in [-0.2, -0.15) is 0 Å². The van der Waals surface area contributed by atoms with E-state index >= 15 is 0 Å². The molecule has 0 aromatic heterocycles. The maximum atomic E-state index is 13.2. The molecular formula is C21H26ClN3O4. The molecule has 1 aromatic rings. The van der Waals surface area contributed by atoms with Gasteiger partial charge in [-0.25, -0.2) is 0 Å². The van der Waals surface area contributed by atoms with Crippen LogP contribution < -0.4 is 5.32 Å². The molecule has 5 rings (SSSR count). The van der Waals surface area contributed by atoms with Crippen LogP contribution in [0.15, 0.2) is 18.2 Å². The maximum absolute atomic E-state index is 13.2. The first kappa shape index (κ1) is 20.3. The van der Waals surface area contributed by atoms with E-state index in [0.29, 0.717) is 23.3 Å². The van der Waals surface area contributed by atoms with Crippen LogP contribution in [0, 0.1) is 0 Å². The molecule has 3 unspecified atom stereocenters. The van der Waals surface area contributed by atoms with Gasteiger partial charge in [-0.15, -0.1) is 12.4 Å². The maximum Gasteiger partial charge on any atom is 0.261 e. The molecule has 0 aliphatic carbocycles. The van der Waals surface area contributed by atoms with E-state index < -0.39 is 0 Å². The number of ether oxygens (including phenoxy) is 1. The van der Waals surface area contributed by atoms with Crippen molar-refractivity contribution in [2.45, 2.75) is 50.3 Å². The van der Waals surface area contributed by atoms with Crippen LogP contribution in [0.2, 0.25) is 0 Å². The monoisotopic (exact) mass is 419 g/mol. The molecule has 1 aromatic carbocycles. The zero-order valence-corrected chi connectivity index (χ0v) is 17.1. The number of carbonyl (C=O) groups is 3. The number of carbonyl (C=O) groups excluding carboxylic acids is 3. The third-order valence-electron chi connectivity index (χ3n) is 6.52. The highest BCUT2D eigenvalue weighted by atomic mass is 35.5. The lowest BCUT2D eigenvalue weighted by atomic mass is 10.0. The first-order valence-electron chi connectivity index (χ1n) is 10.3. The molecular weight excluding hydrogens is 394 g/mol. The van der Waals surface area contributed by atoms with Crippen LogP contribution in [0.5, 0.6) is 0 Å². The van der Waals surface area contributed by atoms with Gasteiger partial charge in [0.1, 0.15) is 0 Å². The molecule has 3 atom stereocenters. The molecule has 3 saturated heterocycles. The second-order valence-electron chi connectivity index (χ2n) is 8.21. The second kappa shape index (κ2) is 8.05. The highest BCUT2D eigenvalue weighted by Gasteiger charge is 2.41. The molecule has 8 heteroatoms. The number of amides is 3. The molecule has 7 nitrogen and oxygen atoms in total. The average molecular weight is 420 g/mol.